The summed E-state index contributed by atoms with van der Waals surface area (Å²) in [7, 11) is 2.96. The molecule has 3 N–H and O–H groups in total. The maximum Gasteiger partial charge on any atom is 0.407 e. The molecule has 13 heavy (non-hydrogen) atoms. The van der Waals surface area contributed by atoms with Gasteiger partial charge in [0.2, 0.25) is 0 Å². The highest BCUT2D eigenvalue weighted by Crippen LogP contribution is 2.12. The van der Waals surface area contributed by atoms with Gasteiger partial charge in [-0.1, -0.05) is 13.8 Å². The first-order valence-electron chi connectivity index (χ1n) is 4.16. The zero-order chi connectivity index (χ0) is 10.6. The standard InChI is InChI=1S/C8H18N2O3/c1-5(2)6(7(9)13-4)10(3)8(11)12/h5-7H,9H2,1-4H3,(H,11,12)/t6-,7?/m0/s1. The summed E-state index contributed by atoms with van der Waals surface area (Å²) in [6.45, 7) is 3.81. The SMILES string of the molecule is COC(N)[C@H](C(C)C)N(C)C(=O)O. The second kappa shape index (κ2) is 5.04. The van der Waals surface area contributed by atoms with Gasteiger partial charge in [-0.15, -0.1) is 0 Å². The number of carbonyl (C=O) groups is 1. The number of nitrogens with two attached hydrogens (primary N) is 1. The number of hydrogen-bond donors (Lipinski definition) is 2. The summed E-state index contributed by atoms with van der Waals surface area (Å²) in [5, 5.41) is 8.76. The molecule has 0 bridgehead atoms. The molecule has 0 aliphatic heterocycles. The van der Waals surface area contributed by atoms with Gasteiger partial charge >= 0.3 is 6.09 Å². The molecule has 0 heterocycles. The quantitative estimate of drug-likeness (QED) is 0.635. The summed E-state index contributed by atoms with van der Waals surface area (Å²) in [5.41, 5.74) is 5.63. The molecule has 0 saturated heterocycles. The van der Waals surface area contributed by atoms with Crippen LogP contribution in [0.2, 0.25) is 0 Å². The van der Waals surface area contributed by atoms with Crippen LogP contribution in [0.4, 0.5) is 4.79 Å². The molecule has 0 spiro atoms. The Morgan fingerprint density at radius 1 is 1.54 bits per heavy atom. The molecule has 2 atom stereocenters. The topological polar surface area (TPSA) is 75.8 Å². The van der Waals surface area contributed by atoms with Crippen LogP contribution in [-0.4, -0.2) is 42.5 Å². The number of carboxylic acid groups (broad SMARTS) is 1. The van der Waals surface area contributed by atoms with Crippen molar-refractivity contribution in [2.24, 2.45) is 11.7 Å². The molecule has 0 aromatic rings. The number of ether oxygens (including phenoxy) is 1. The van der Waals surface area contributed by atoms with Gasteiger partial charge in [-0.3, -0.25) is 0 Å². The Morgan fingerprint density at radius 2 is 2.00 bits per heavy atom. The number of methoxy groups -OCH3 is 1. The Hall–Kier alpha value is -0.810. The van der Waals surface area contributed by atoms with Crippen LogP contribution in [0.5, 0.6) is 0 Å². The van der Waals surface area contributed by atoms with Gasteiger partial charge < -0.3 is 20.5 Å². The highest BCUT2D eigenvalue weighted by molar-refractivity contribution is 5.65. The molecule has 0 aromatic carbocycles. The molecule has 0 saturated carbocycles. The lowest BCUT2D eigenvalue weighted by molar-refractivity contribution is 0.0118. The highest BCUT2D eigenvalue weighted by Gasteiger charge is 2.28. The number of nitrogens with zero attached hydrogens (tertiary/aromatic N) is 1. The van der Waals surface area contributed by atoms with Gasteiger partial charge in [0.05, 0.1) is 6.04 Å². The number of likely N-dealkylation sites (N-methyl/N-ethyl adjacent to an activating group) is 1. The van der Waals surface area contributed by atoms with Crippen LogP contribution in [0.3, 0.4) is 0 Å². The van der Waals surface area contributed by atoms with E-state index in [2.05, 4.69) is 0 Å². The van der Waals surface area contributed by atoms with Crippen LogP contribution < -0.4 is 5.73 Å². The summed E-state index contributed by atoms with van der Waals surface area (Å²) in [5.74, 6) is 0.121. The Labute approximate surface area is 78.5 Å². The first-order chi connectivity index (χ1) is 5.91. The van der Waals surface area contributed by atoms with E-state index in [9.17, 15) is 4.79 Å². The molecule has 1 unspecified atom stereocenters. The van der Waals surface area contributed by atoms with Crippen molar-refractivity contribution in [2.75, 3.05) is 14.2 Å². The summed E-state index contributed by atoms with van der Waals surface area (Å²) >= 11 is 0. The molecule has 0 aliphatic carbocycles. The molecule has 0 rings (SSSR count). The maximum absolute atomic E-state index is 10.7. The van der Waals surface area contributed by atoms with Crippen molar-refractivity contribution in [3.05, 3.63) is 0 Å². The lowest BCUT2D eigenvalue weighted by Crippen LogP contribution is -2.51. The van der Waals surface area contributed by atoms with Gasteiger partial charge in [-0.25, -0.2) is 4.79 Å². The summed E-state index contributed by atoms with van der Waals surface area (Å²) in [6.07, 6.45) is -1.58. The third-order valence-electron chi connectivity index (χ3n) is 2.04. The zero-order valence-electron chi connectivity index (χ0n) is 8.52. The van der Waals surface area contributed by atoms with E-state index in [4.69, 9.17) is 15.6 Å². The monoisotopic (exact) mass is 190 g/mol. The van der Waals surface area contributed by atoms with Crippen LogP contribution in [0.25, 0.3) is 0 Å². The van der Waals surface area contributed by atoms with E-state index in [1.54, 1.807) is 0 Å². The minimum absolute atomic E-state index is 0.121. The van der Waals surface area contributed by atoms with Crippen molar-refractivity contribution in [3.63, 3.8) is 0 Å². The molecular weight excluding hydrogens is 172 g/mol. The second-order valence-corrected chi connectivity index (χ2v) is 3.33. The molecule has 0 radical (unpaired) electrons. The predicted molar refractivity (Wildman–Crippen MR) is 49.4 cm³/mol. The van der Waals surface area contributed by atoms with Gasteiger partial charge in [0, 0.05) is 14.2 Å². The molecule has 0 aliphatic rings. The van der Waals surface area contributed by atoms with E-state index in [1.165, 1.54) is 19.1 Å². The highest BCUT2D eigenvalue weighted by atomic mass is 16.5. The van der Waals surface area contributed by atoms with Crippen LogP contribution in [0, 0.1) is 5.92 Å². The molecule has 0 aromatic heterocycles. The van der Waals surface area contributed by atoms with Crippen molar-refractivity contribution in [1.29, 1.82) is 0 Å². The van der Waals surface area contributed by atoms with Gasteiger partial charge in [-0.05, 0) is 5.92 Å². The maximum atomic E-state index is 10.7. The second-order valence-electron chi connectivity index (χ2n) is 3.33. The fraction of sp³-hybridized carbons (Fsp3) is 0.875. The van der Waals surface area contributed by atoms with Crippen molar-refractivity contribution in [1.82, 2.24) is 4.90 Å². The van der Waals surface area contributed by atoms with Crippen molar-refractivity contribution < 1.29 is 14.6 Å². The van der Waals surface area contributed by atoms with E-state index >= 15 is 0 Å². The van der Waals surface area contributed by atoms with Crippen molar-refractivity contribution in [2.45, 2.75) is 26.1 Å². The zero-order valence-corrected chi connectivity index (χ0v) is 8.52. The van der Waals surface area contributed by atoms with Gasteiger partial charge in [0.1, 0.15) is 6.23 Å². The van der Waals surface area contributed by atoms with E-state index in [0.29, 0.717) is 0 Å². The summed E-state index contributed by atoms with van der Waals surface area (Å²) in [6, 6.07) is -0.317. The van der Waals surface area contributed by atoms with E-state index in [-0.39, 0.29) is 12.0 Å². The largest absolute Gasteiger partial charge is 0.465 e. The Bertz CT molecular complexity index is 173. The smallest absolute Gasteiger partial charge is 0.407 e. The van der Waals surface area contributed by atoms with Gasteiger partial charge in [0.25, 0.3) is 0 Å². The fourth-order valence-electron chi connectivity index (χ4n) is 1.31. The third-order valence-corrected chi connectivity index (χ3v) is 2.04. The van der Waals surface area contributed by atoms with Crippen molar-refractivity contribution in [3.8, 4) is 0 Å². The normalized spacial score (nSPS) is 15.5. The van der Waals surface area contributed by atoms with Crippen LogP contribution in [-0.2, 0) is 4.74 Å². The van der Waals surface area contributed by atoms with Crippen LogP contribution in [0.15, 0.2) is 0 Å². The summed E-state index contributed by atoms with van der Waals surface area (Å²) in [4.78, 5) is 11.9. The minimum atomic E-state index is -0.994. The Balaban J connectivity index is 4.50. The summed E-state index contributed by atoms with van der Waals surface area (Å²) < 4.78 is 4.92. The number of rotatable bonds is 4. The molecule has 5 nitrogen and oxygen atoms in total. The first kappa shape index (κ1) is 12.2. The Kier molecular flexibility index (Phi) is 4.72. The predicted octanol–water partition coefficient (Wildman–Crippen LogP) is 0.552. The van der Waals surface area contributed by atoms with Gasteiger partial charge in [-0.2, -0.15) is 0 Å². The minimum Gasteiger partial charge on any atom is -0.465 e. The lowest BCUT2D eigenvalue weighted by Gasteiger charge is -2.32. The molecule has 1 amide bonds. The molecule has 5 heteroatoms. The number of amides is 1. The van der Waals surface area contributed by atoms with Crippen LogP contribution >= 0.6 is 0 Å². The van der Waals surface area contributed by atoms with E-state index in [0.717, 1.165) is 0 Å². The number of hydrogen-bond acceptors (Lipinski definition) is 3. The van der Waals surface area contributed by atoms with Crippen molar-refractivity contribution >= 4 is 6.09 Å². The fourth-order valence-corrected chi connectivity index (χ4v) is 1.31. The van der Waals surface area contributed by atoms with Gasteiger partial charge in [0.15, 0.2) is 0 Å². The van der Waals surface area contributed by atoms with E-state index < -0.39 is 12.3 Å². The van der Waals surface area contributed by atoms with E-state index in [1.807, 2.05) is 13.8 Å². The average Bonchev–Trinajstić information content (AvgIpc) is 2.03. The average molecular weight is 190 g/mol. The molecular formula is C8H18N2O3. The Morgan fingerprint density at radius 3 is 2.23 bits per heavy atom. The molecule has 0 fully saturated rings. The first-order valence-corrected chi connectivity index (χ1v) is 4.16. The third kappa shape index (κ3) is 3.20. The molecule has 78 valence electrons. The van der Waals surface area contributed by atoms with Crippen LogP contribution in [0.1, 0.15) is 13.8 Å². The lowest BCUT2D eigenvalue weighted by atomic mass is 10.0.